The smallest absolute Gasteiger partial charge is 0.211 e. The maximum absolute atomic E-state index is 12.0. The van der Waals surface area contributed by atoms with E-state index in [1.807, 2.05) is 0 Å². The van der Waals surface area contributed by atoms with Crippen LogP contribution in [0.3, 0.4) is 0 Å². The van der Waals surface area contributed by atoms with E-state index in [-0.39, 0.29) is 0 Å². The van der Waals surface area contributed by atoms with Crippen molar-refractivity contribution in [1.82, 2.24) is 0 Å². The van der Waals surface area contributed by atoms with E-state index in [4.69, 9.17) is 14.2 Å². The van der Waals surface area contributed by atoms with Crippen LogP contribution in [0, 0.1) is 5.92 Å². The Morgan fingerprint density at radius 3 is 2.58 bits per heavy atom. The van der Waals surface area contributed by atoms with Crippen LogP contribution in [0.4, 0.5) is 0 Å². The lowest BCUT2D eigenvalue weighted by Gasteiger charge is -2.43. The van der Waals surface area contributed by atoms with Gasteiger partial charge in [-0.15, -0.1) is 0 Å². The molecule has 1 aliphatic carbocycles. The van der Waals surface area contributed by atoms with E-state index in [0.29, 0.717) is 5.57 Å². The van der Waals surface area contributed by atoms with Crippen molar-refractivity contribution >= 4 is 5.78 Å². The number of ketones is 1. The zero-order valence-electron chi connectivity index (χ0n) is 12.8. The molecule has 5 N–H and O–H groups in total. The third-order valence-corrected chi connectivity index (χ3v) is 4.64. The van der Waals surface area contributed by atoms with E-state index >= 15 is 0 Å². The van der Waals surface area contributed by atoms with Crippen LogP contribution in [0.15, 0.2) is 24.0 Å². The van der Waals surface area contributed by atoms with Gasteiger partial charge in [0.05, 0.1) is 18.8 Å². The van der Waals surface area contributed by atoms with Gasteiger partial charge in [0.2, 0.25) is 6.29 Å². The van der Waals surface area contributed by atoms with Crippen molar-refractivity contribution in [2.24, 2.45) is 5.92 Å². The van der Waals surface area contributed by atoms with Crippen LogP contribution in [0.5, 0.6) is 0 Å². The number of rotatable bonds is 3. The third kappa shape index (κ3) is 2.58. The van der Waals surface area contributed by atoms with Crippen LogP contribution >= 0.6 is 0 Å². The number of aliphatic hydroxyl groups is 5. The van der Waals surface area contributed by atoms with E-state index in [2.05, 4.69) is 0 Å². The van der Waals surface area contributed by atoms with Crippen molar-refractivity contribution in [2.45, 2.75) is 49.5 Å². The first-order valence-electron chi connectivity index (χ1n) is 7.53. The second kappa shape index (κ2) is 6.19. The molecule has 0 aromatic rings. The molecule has 8 unspecified atom stereocenters. The van der Waals surface area contributed by atoms with E-state index < -0.39 is 60.9 Å². The molecule has 9 heteroatoms. The summed E-state index contributed by atoms with van der Waals surface area (Å²) in [7, 11) is 0. The predicted octanol–water partition coefficient (Wildman–Crippen LogP) is -2.45. The Morgan fingerprint density at radius 1 is 1.21 bits per heavy atom. The van der Waals surface area contributed by atoms with Crippen LogP contribution in [0.2, 0.25) is 0 Å². The van der Waals surface area contributed by atoms with Crippen molar-refractivity contribution in [2.75, 3.05) is 6.61 Å². The maximum Gasteiger partial charge on any atom is 0.211 e. The molecular formula is C15H20O9. The lowest BCUT2D eigenvalue weighted by Crippen LogP contribution is -2.61. The Labute approximate surface area is 137 Å². The van der Waals surface area contributed by atoms with Crippen LogP contribution < -0.4 is 0 Å². The molecule has 1 saturated heterocycles. The van der Waals surface area contributed by atoms with E-state index in [1.165, 1.54) is 12.2 Å². The molecule has 3 rings (SSSR count). The predicted molar refractivity (Wildman–Crippen MR) is 76.1 cm³/mol. The van der Waals surface area contributed by atoms with Crippen LogP contribution in [-0.4, -0.2) is 80.5 Å². The van der Waals surface area contributed by atoms with Crippen molar-refractivity contribution in [3.8, 4) is 0 Å². The van der Waals surface area contributed by atoms with E-state index in [1.54, 1.807) is 6.92 Å². The number of hydrogen-bond donors (Lipinski definition) is 5. The zero-order chi connectivity index (χ0) is 17.6. The summed E-state index contributed by atoms with van der Waals surface area (Å²) in [6, 6.07) is 0. The molecule has 0 aromatic heterocycles. The molecule has 1 fully saturated rings. The highest BCUT2D eigenvalue weighted by atomic mass is 16.8. The Morgan fingerprint density at radius 2 is 1.92 bits per heavy atom. The molecule has 2 aliphatic heterocycles. The minimum atomic E-state index is -1.80. The molecule has 0 spiro atoms. The molecule has 8 atom stereocenters. The highest BCUT2D eigenvalue weighted by molar-refractivity contribution is 6.02. The number of hydrogen-bond acceptors (Lipinski definition) is 9. The Bertz CT molecular complexity index is 571. The molecule has 9 nitrogen and oxygen atoms in total. The van der Waals surface area contributed by atoms with Gasteiger partial charge in [-0.1, -0.05) is 5.57 Å². The van der Waals surface area contributed by atoms with Gasteiger partial charge in [0.25, 0.3) is 0 Å². The summed E-state index contributed by atoms with van der Waals surface area (Å²) in [6.45, 7) is 1.04. The van der Waals surface area contributed by atoms with Gasteiger partial charge in [0.1, 0.15) is 24.4 Å². The number of ether oxygens (including phenoxy) is 3. The molecule has 134 valence electrons. The van der Waals surface area contributed by atoms with Crippen LogP contribution in [0.25, 0.3) is 0 Å². The van der Waals surface area contributed by atoms with Gasteiger partial charge in [-0.3, -0.25) is 4.79 Å². The fourth-order valence-corrected chi connectivity index (χ4v) is 3.24. The monoisotopic (exact) mass is 344 g/mol. The minimum absolute atomic E-state index is 0.507. The van der Waals surface area contributed by atoms with Gasteiger partial charge in [-0.25, -0.2) is 0 Å². The van der Waals surface area contributed by atoms with Gasteiger partial charge in [-0.2, -0.15) is 0 Å². The summed E-state index contributed by atoms with van der Waals surface area (Å²) < 4.78 is 16.1. The second-order valence-corrected chi connectivity index (χ2v) is 6.20. The fourth-order valence-electron chi connectivity index (χ4n) is 3.24. The first-order valence-corrected chi connectivity index (χ1v) is 7.53. The van der Waals surface area contributed by atoms with Crippen molar-refractivity contribution in [3.63, 3.8) is 0 Å². The normalized spacial score (nSPS) is 48.0. The molecule has 2 heterocycles. The first-order chi connectivity index (χ1) is 11.3. The van der Waals surface area contributed by atoms with E-state index in [9.17, 15) is 30.3 Å². The highest BCUT2D eigenvalue weighted by Gasteiger charge is 2.55. The summed E-state index contributed by atoms with van der Waals surface area (Å²) in [5.74, 6) is -1.35. The van der Waals surface area contributed by atoms with E-state index in [0.717, 1.165) is 6.26 Å². The zero-order valence-corrected chi connectivity index (χ0v) is 12.8. The second-order valence-electron chi connectivity index (χ2n) is 6.20. The summed E-state index contributed by atoms with van der Waals surface area (Å²) in [6.07, 6.45) is -4.80. The minimum Gasteiger partial charge on any atom is -0.472 e. The highest BCUT2D eigenvalue weighted by Crippen LogP contribution is 2.41. The molecule has 24 heavy (non-hydrogen) atoms. The Balaban J connectivity index is 1.79. The number of carbonyl (C=O) groups excluding carboxylic acids is 1. The molecule has 0 amide bonds. The van der Waals surface area contributed by atoms with Gasteiger partial charge < -0.3 is 39.7 Å². The van der Waals surface area contributed by atoms with Crippen LogP contribution in [-0.2, 0) is 19.0 Å². The summed E-state index contributed by atoms with van der Waals surface area (Å²) >= 11 is 0. The maximum atomic E-state index is 12.0. The topological polar surface area (TPSA) is 146 Å². The van der Waals surface area contributed by atoms with Crippen molar-refractivity contribution < 1.29 is 44.5 Å². The van der Waals surface area contributed by atoms with Gasteiger partial charge in [0.15, 0.2) is 17.7 Å². The fraction of sp³-hybridized carbons (Fsp3) is 0.667. The standard InChI is InChI=1S/C15H20O9/c1-6-4-8(17)15(21)2-3-22-13(9(6)15)24-14-12(20)11(19)10(18)7(5-16)23-14/h2-4,7,9-14,16,18-21H,5H2,1H3. The van der Waals surface area contributed by atoms with Gasteiger partial charge in [-0.05, 0) is 19.1 Å². The average Bonchev–Trinajstić information content (AvgIpc) is 2.78. The first kappa shape index (κ1) is 17.5. The van der Waals surface area contributed by atoms with Crippen molar-refractivity contribution in [1.29, 1.82) is 0 Å². The van der Waals surface area contributed by atoms with Crippen LogP contribution in [0.1, 0.15) is 6.92 Å². The average molecular weight is 344 g/mol. The third-order valence-electron chi connectivity index (χ3n) is 4.64. The van der Waals surface area contributed by atoms with Gasteiger partial charge >= 0.3 is 0 Å². The Hall–Kier alpha value is -1.33. The molecule has 0 saturated carbocycles. The molecule has 0 radical (unpaired) electrons. The summed E-state index contributed by atoms with van der Waals surface area (Å²) in [4.78, 5) is 12.0. The van der Waals surface area contributed by atoms with Gasteiger partial charge in [0, 0.05) is 0 Å². The summed E-state index contributed by atoms with van der Waals surface area (Å²) in [5, 5.41) is 49.3. The number of carbonyl (C=O) groups is 1. The summed E-state index contributed by atoms with van der Waals surface area (Å²) in [5.41, 5.74) is -1.28. The van der Waals surface area contributed by atoms with Crippen molar-refractivity contribution in [3.05, 3.63) is 24.0 Å². The largest absolute Gasteiger partial charge is 0.472 e. The Kier molecular flexibility index (Phi) is 4.51. The molecule has 0 aromatic carbocycles. The SMILES string of the molecule is CC1=CC(=O)C2(O)C=COC(OC3OC(CO)C(O)C(O)C3O)C12. The lowest BCUT2D eigenvalue weighted by atomic mass is 9.84. The lowest BCUT2D eigenvalue weighted by molar-refractivity contribution is -0.342. The molecular weight excluding hydrogens is 324 g/mol. The molecule has 3 aliphatic rings. The molecule has 0 bridgehead atoms. The quantitative estimate of drug-likeness (QED) is 0.376. The number of fused-ring (bicyclic) bond motifs is 1. The number of aliphatic hydroxyl groups excluding tert-OH is 4.